The molecule has 1 N–H and O–H groups in total. The zero-order chi connectivity index (χ0) is 21.7. The maximum Gasteiger partial charge on any atom is 0.151 e. The molecule has 0 radical (unpaired) electrons. The van der Waals surface area contributed by atoms with Gasteiger partial charge in [-0.2, -0.15) is 0 Å². The quantitative estimate of drug-likeness (QED) is 0.673. The molecular formula is C27H41NO3. The first kappa shape index (κ1) is 20.8. The van der Waals surface area contributed by atoms with Gasteiger partial charge in [0.2, 0.25) is 0 Å². The standard InChI is InChI=1S/C27H41NO3/c1-14-11-23-24(28-25(14)31-23)15(2)18-5-6-19-17-13-22(30)21-12-16(29)7-9-27(21,4)20(17)8-10-26(18,19)3/h14-21,23,25,29H,5-13H2,1-4H3/t14-,15+,16-,17-,18+,19-,20+,21+,23+,25-,26+,27+/m0/s1. The Kier molecular flexibility index (Phi) is 4.63. The minimum Gasteiger partial charge on any atom is -0.393 e. The molecule has 0 unspecified atom stereocenters. The van der Waals surface area contributed by atoms with Crippen LogP contribution in [-0.4, -0.2) is 35.0 Å². The average molecular weight is 428 g/mol. The van der Waals surface area contributed by atoms with Gasteiger partial charge in [0.25, 0.3) is 0 Å². The summed E-state index contributed by atoms with van der Waals surface area (Å²) in [6.45, 7) is 9.65. The molecule has 4 nitrogen and oxygen atoms in total. The van der Waals surface area contributed by atoms with Crippen molar-refractivity contribution in [1.29, 1.82) is 0 Å². The normalized spacial score (nSPS) is 56.6. The number of nitrogens with zero attached hydrogens (tertiary/aromatic N) is 1. The third-order valence-electron chi connectivity index (χ3n) is 11.6. The van der Waals surface area contributed by atoms with Crippen LogP contribution in [0, 0.1) is 52.3 Å². The summed E-state index contributed by atoms with van der Waals surface area (Å²) in [6, 6.07) is 0. The fourth-order valence-electron chi connectivity index (χ4n) is 9.89. The van der Waals surface area contributed by atoms with Crippen molar-refractivity contribution in [1.82, 2.24) is 0 Å². The molecule has 4 aliphatic carbocycles. The van der Waals surface area contributed by atoms with Gasteiger partial charge >= 0.3 is 0 Å². The van der Waals surface area contributed by atoms with E-state index in [-0.39, 0.29) is 29.8 Å². The van der Waals surface area contributed by atoms with Crippen molar-refractivity contribution in [2.45, 2.75) is 104 Å². The van der Waals surface area contributed by atoms with Crippen LogP contribution in [0.1, 0.15) is 85.5 Å². The maximum absolute atomic E-state index is 13.3. The van der Waals surface area contributed by atoms with E-state index in [1.54, 1.807) is 0 Å². The molecule has 2 bridgehead atoms. The Labute approximate surface area is 187 Å². The van der Waals surface area contributed by atoms with Gasteiger partial charge in [0.1, 0.15) is 5.78 Å². The van der Waals surface area contributed by atoms with Crippen molar-refractivity contribution in [3.05, 3.63) is 0 Å². The van der Waals surface area contributed by atoms with Gasteiger partial charge in [-0.05, 0) is 85.9 Å². The molecule has 2 heterocycles. The molecule has 4 saturated carbocycles. The van der Waals surface area contributed by atoms with Gasteiger partial charge in [0, 0.05) is 29.9 Å². The third kappa shape index (κ3) is 2.79. The first-order chi connectivity index (χ1) is 14.7. The third-order valence-corrected chi connectivity index (χ3v) is 11.6. The van der Waals surface area contributed by atoms with Crippen LogP contribution in [0.2, 0.25) is 0 Å². The average Bonchev–Trinajstić information content (AvgIpc) is 3.40. The molecule has 0 spiro atoms. The highest BCUT2D eigenvalue weighted by Gasteiger charge is 2.63. The molecule has 6 aliphatic rings. The van der Waals surface area contributed by atoms with Crippen molar-refractivity contribution in [3.63, 3.8) is 0 Å². The van der Waals surface area contributed by atoms with Crippen LogP contribution in [0.4, 0.5) is 0 Å². The fraction of sp³-hybridized carbons (Fsp3) is 0.926. The summed E-state index contributed by atoms with van der Waals surface area (Å²) in [5, 5.41) is 10.3. The van der Waals surface area contributed by atoms with E-state index in [2.05, 4.69) is 27.7 Å². The van der Waals surface area contributed by atoms with Crippen molar-refractivity contribution >= 4 is 11.5 Å². The van der Waals surface area contributed by atoms with Crippen LogP contribution < -0.4 is 0 Å². The highest BCUT2D eigenvalue weighted by molar-refractivity contribution is 5.93. The van der Waals surface area contributed by atoms with Crippen LogP contribution in [0.3, 0.4) is 0 Å². The lowest BCUT2D eigenvalue weighted by molar-refractivity contribution is -0.159. The number of aliphatic imine (C=N–C) groups is 1. The summed E-state index contributed by atoms with van der Waals surface area (Å²) in [6.07, 6.45) is 9.77. The fourth-order valence-corrected chi connectivity index (χ4v) is 9.89. The van der Waals surface area contributed by atoms with E-state index in [0.717, 1.165) is 25.7 Å². The minimum atomic E-state index is -0.267. The largest absolute Gasteiger partial charge is 0.393 e. The van der Waals surface area contributed by atoms with Gasteiger partial charge in [-0.15, -0.1) is 0 Å². The summed E-state index contributed by atoms with van der Waals surface area (Å²) in [7, 11) is 0. The molecule has 5 fully saturated rings. The molecule has 0 aromatic heterocycles. The number of rotatable bonds is 2. The van der Waals surface area contributed by atoms with E-state index in [1.165, 1.54) is 31.4 Å². The number of ketones is 1. The zero-order valence-electron chi connectivity index (χ0n) is 19.8. The van der Waals surface area contributed by atoms with Crippen molar-refractivity contribution in [2.24, 2.45) is 57.2 Å². The second kappa shape index (κ2) is 6.88. The Balaban J connectivity index is 1.26. The van der Waals surface area contributed by atoms with Gasteiger partial charge in [-0.1, -0.05) is 27.7 Å². The Bertz CT molecular complexity index is 808. The number of aliphatic hydroxyl groups excluding tert-OH is 1. The monoisotopic (exact) mass is 427 g/mol. The number of carbonyl (C=O) groups excluding carboxylic acids is 1. The maximum atomic E-state index is 13.3. The summed E-state index contributed by atoms with van der Waals surface area (Å²) < 4.78 is 6.16. The first-order valence-electron chi connectivity index (χ1n) is 13.2. The molecule has 31 heavy (non-hydrogen) atoms. The van der Waals surface area contributed by atoms with Crippen molar-refractivity contribution in [3.8, 4) is 0 Å². The van der Waals surface area contributed by atoms with Crippen LogP contribution in [-0.2, 0) is 9.53 Å². The molecule has 2 aliphatic heterocycles. The van der Waals surface area contributed by atoms with Crippen LogP contribution in [0.25, 0.3) is 0 Å². The molecule has 0 aromatic carbocycles. The molecular weight excluding hydrogens is 386 g/mol. The Morgan fingerprint density at radius 2 is 1.81 bits per heavy atom. The van der Waals surface area contributed by atoms with Gasteiger partial charge in [0.05, 0.1) is 12.2 Å². The SMILES string of the molecule is C[C@H]1C[C@H]2O[C@@H]1N=C2[C@H](C)[C@H]1CC[C@H]2[C@@H]3CC(=O)[C@H]4C[C@@H](O)CC[C@]4(C)[C@@H]3CC[C@]12C. The highest BCUT2D eigenvalue weighted by Crippen LogP contribution is 2.68. The second-order valence-electron chi connectivity index (χ2n) is 12.8. The number of carbonyl (C=O) groups is 1. The lowest BCUT2D eigenvalue weighted by Crippen LogP contribution is -2.57. The van der Waals surface area contributed by atoms with E-state index in [4.69, 9.17) is 9.73 Å². The molecule has 1 saturated heterocycles. The zero-order valence-corrected chi connectivity index (χ0v) is 19.8. The van der Waals surface area contributed by atoms with Crippen LogP contribution in [0.5, 0.6) is 0 Å². The number of Topliss-reactive ketones (excluding diaryl/α,β-unsaturated/α-hetero) is 1. The van der Waals surface area contributed by atoms with Crippen molar-refractivity contribution < 1.29 is 14.6 Å². The highest BCUT2D eigenvalue weighted by atomic mass is 16.5. The summed E-state index contributed by atoms with van der Waals surface area (Å²) in [5.74, 6) is 4.19. The summed E-state index contributed by atoms with van der Waals surface area (Å²) in [5.41, 5.74) is 1.79. The first-order valence-corrected chi connectivity index (χ1v) is 13.2. The molecule has 12 atom stereocenters. The Morgan fingerprint density at radius 3 is 2.52 bits per heavy atom. The molecule has 6 rings (SSSR count). The number of ether oxygens (including phenoxy) is 1. The summed E-state index contributed by atoms with van der Waals surface area (Å²) in [4.78, 5) is 18.4. The molecule has 172 valence electrons. The van der Waals surface area contributed by atoms with E-state index >= 15 is 0 Å². The van der Waals surface area contributed by atoms with E-state index in [0.29, 0.717) is 53.1 Å². The van der Waals surface area contributed by atoms with Crippen LogP contribution >= 0.6 is 0 Å². The molecule has 4 heteroatoms. The van der Waals surface area contributed by atoms with Gasteiger partial charge in [0.15, 0.2) is 6.23 Å². The number of hydrogen-bond acceptors (Lipinski definition) is 4. The van der Waals surface area contributed by atoms with Gasteiger partial charge in [-0.3, -0.25) is 9.79 Å². The minimum absolute atomic E-state index is 0.0977. The second-order valence-corrected chi connectivity index (χ2v) is 12.8. The Morgan fingerprint density at radius 1 is 1.06 bits per heavy atom. The van der Waals surface area contributed by atoms with Gasteiger partial charge in [-0.25, -0.2) is 0 Å². The van der Waals surface area contributed by atoms with Gasteiger partial charge < -0.3 is 9.84 Å². The number of aliphatic hydroxyl groups is 1. The molecule has 0 amide bonds. The predicted molar refractivity (Wildman–Crippen MR) is 121 cm³/mol. The predicted octanol–water partition coefficient (Wildman–Crippen LogP) is 5.03. The summed E-state index contributed by atoms with van der Waals surface area (Å²) >= 11 is 0. The lowest BCUT2D eigenvalue weighted by Gasteiger charge is -2.60. The Hall–Kier alpha value is -0.740. The lowest BCUT2D eigenvalue weighted by atomic mass is 9.44. The van der Waals surface area contributed by atoms with Crippen molar-refractivity contribution in [2.75, 3.05) is 0 Å². The smallest absolute Gasteiger partial charge is 0.151 e. The van der Waals surface area contributed by atoms with Crippen LogP contribution in [0.15, 0.2) is 4.99 Å². The number of fused-ring (bicyclic) bond motifs is 7. The molecule has 0 aromatic rings. The van der Waals surface area contributed by atoms with E-state index in [1.807, 2.05) is 0 Å². The van der Waals surface area contributed by atoms with E-state index < -0.39 is 0 Å². The van der Waals surface area contributed by atoms with E-state index in [9.17, 15) is 9.90 Å². The number of hydrogen-bond donors (Lipinski definition) is 1. The topological polar surface area (TPSA) is 58.9 Å².